The maximum Gasteiger partial charge on any atom is 0.303 e. The maximum atomic E-state index is 12.1. The molecule has 1 heterocycles. The number of carbonyl (C=O) groups excluding carboxylic acids is 2. The number of aryl methyl sites for hydroxylation is 2. The Morgan fingerprint density at radius 1 is 1.15 bits per heavy atom. The summed E-state index contributed by atoms with van der Waals surface area (Å²) in [6, 6.07) is 3.73. The number of carbonyl (C=O) groups is 3. The molecule has 0 saturated carbocycles. The summed E-state index contributed by atoms with van der Waals surface area (Å²) in [5.74, 6) is -1.81. The first-order valence-electron chi connectivity index (χ1n) is 6.61. The van der Waals surface area contributed by atoms with Gasteiger partial charge in [0.05, 0.1) is 11.3 Å². The van der Waals surface area contributed by atoms with E-state index in [0.29, 0.717) is 30.6 Å². The van der Waals surface area contributed by atoms with Gasteiger partial charge in [0.15, 0.2) is 0 Å². The lowest BCUT2D eigenvalue weighted by Crippen LogP contribution is -2.31. The number of unbranched alkanes of at least 4 members (excludes halogenated alkanes) is 1. The highest BCUT2D eigenvalue weighted by Crippen LogP contribution is 2.34. The number of rotatable bonds is 5. The van der Waals surface area contributed by atoms with Gasteiger partial charge in [0.1, 0.15) is 0 Å². The van der Waals surface area contributed by atoms with E-state index < -0.39 is 17.7 Å². The van der Waals surface area contributed by atoms with Crippen LogP contribution in [-0.4, -0.2) is 29.3 Å². The Bertz CT molecular complexity index is 592. The molecule has 0 saturated heterocycles. The van der Waals surface area contributed by atoms with Crippen LogP contribution in [0.25, 0.3) is 0 Å². The molecule has 1 amide bonds. The molecule has 0 spiro atoms. The Kier molecular flexibility index (Phi) is 3.88. The third-order valence-corrected chi connectivity index (χ3v) is 3.55. The number of carboxylic acid groups (broad SMARTS) is 1. The molecule has 0 radical (unpaired) electrons. The monoisotopic (exact) mass is 275 g/mol. The van der Waals surface area contributed by atoms with E-state index in [0.717, 1.165) is 11.1 Å². The van der Waals surface area contributed by atoms with Crippen LogP contribution in [0, 0.1) is 13.8 Å². The predicted octanol–water partition coefficient (Wildman–Crippen LogP) is 2.09. The van der Waals surface area contributed by atoms with Gasteiger partial charge in [-0.1, -0.05) is 12.1 Å². The SMILES string of the molecule is Cc1ccc(C)c2c1C(=O)C(=O)N2CCCCC(=O)O. The van der Waals surface area contributed by atoms with Crippen LogP contribution in [0.5, 0.6) is 0 Å². The van der Waals surface area contributed by atoms with Gasteiger partial charge < -0.3 is 10.0 Å². The fourth-order valence-corrected chi connectivity index (χ4v) is 2.52. The molecule has 5 nitrogen and oxygen atoms in total. The summed E-state index contributed by atoms with van der Waals surface area (Å²) >= 11 is 0. The summed E-state index contributed by atoms with van der Waals surface area (Å²) in [6.07, 6.45) is 1.14. The molecule has 1 N–H and O–H groups in total. The first kappa shape index (κ1) is 14.2. The zero-order valence-electron chi connectivity index (χ0n) is 11.6. The third kappa shape index (κ3) is 2.43. The number of aliphatic carboxylic acids is 1. The molecule has 0 aliphatic carbocycles. The molecular formula is C15H17NO4. The first-order chi connectivity index (χ1) is 9.43. The van der Waals surface area contributed by atoms with Gasteiger partial charge in [-0.05, 0) is 37.8 Å². The van der Waals surface area contributed by atoms with Gasteiger partial charge in [-0.3, -0.25) is 14.4 Å². The Labute approximate surface area is 117 Å². The first-order valence-corrected chi connectivity index (χ1v) is 6.61. The molecule has 106 valence electrons. The van der Waals surface area contributed by atoms with E-state index in [9.17, 15) is 14.4 Å². The zero-order chi connectivity index (χ0) is 14.9. The summed E-state index contributed by atoms with van der Waals surface area (Å²) < 4.78 is 0. The highest BCUT2D eigenvalue weighted by atomic mass is 16.4. The molecule has 0 aromatic heterocycles. The number of carboxylic acids is 1. The van der Waals surface area contributed by atoms with Crippen LogP contribution < -0.4 is 4.90 Å². The third-order valence-electron chi connectivity index (χ3n) is 3.55. The highest BCUT2D eigenvalue weighted by Gasteiger charge is 2.37. The van der Waals surface area contributed by atoms with Crippen molar-refractivity contribution < 1.29 is 19.5 Å². The van der Waals surface area contributed by atoms with Crippen molar-refractivity contribution in [3.8, 4) is 0 Å². The van der Waals surface area contributed by atoms with E-state index in [1.165, 1.54) is 4.90 Å². The molecule has 0 atom stereocenters. The molecule has 20 heavy (non-hydrogen) atoms. The Morgan fingerprint density at radius 3 is 2.45 bits per heavy atom. The number of amides is 1. The largest absolute Gasteiger partial charge is 0.481 e. The van der Waals surface area contributed by atoms with Crippen molar-refractivity contribution in [2.75, 3.05) is 11.4 Å². The Morgan fingerprint density at radius 2 is 1.80 bits per heavy atom. The fourth-order valence-electron chi connectivity index (χ4n) is 2.52. The van der Waals surface area contributed by atoms with E-state index in [4.69, 9.17) is 5.11 Å². The molecule has 1 aromatic carbocycles. The normalized spacial score (nSPS) is 13.8. The summed E-state index contributed by atoms with van der Waals surface area (Å²) in [7, 11) is 0. The number of fused-ring (bicyclic) bond motifs is 1. The van der Waals surface area contributed by atoms with Crippen molar-refractivity contribution in [2.24, 2.45) is 0 Å². The van der Waals surface area contributed by atoms with E-state index in [-0.39, 0.29) is 6.42 Å². The van der Waals surface area contributed by atoms with Crippen molar-refractivity contribution in [3.05, 3.63) is 28.8 Å². The second-order valence-corrected chi connectivity index (χ2v) is 5.06. The molecule has 2 rings (SSSR count). The second kappa shape index (κ2) is 5.45. The van der Waals surface area contributed by atoms with Gasteiger partial charge in [0.2, 0.25) is 0 Å². The molecule has 1 aromatic rings. The quantitative estimate of drug-likeness (QED) is 0.659. The molecule has 0 fully saturated rings. The van der Waals surface area contributed by atoms with Crippen LogP contribution in [0.2, 0.25) is 0 Å². The van der Waals surface area contributed by atoms with E-state index in [1.54, 1.807) is 0 Å². The van der Waals surface area contributed by atoms with Crippen molar-refractivity contribution in [3.63, 3.8) is 0 Å². The topological polar surface area (TPSA) is 74.7 Å². The van der Waals surface area contributed by atoms with Crippen molar-refractivity contribution >= 4 is 23.3 Å². The highest BCUT2D eigenvalue weighted by molar-refractivity contribution is 6.52. The molecule has 0 unspecified atom stereocenters. The number of benzene rings is 1. The predicted molar refractivity (Wildman–Crippen MR) is 74.1 cm³/mol. The van der Waals surface area contributed by atoms with Crippen LogP contribution >= 0.6 is 0 Å². The van der Waals surface area contributed by atoms with Gasteiger partial charge in [-0.2, -0.15) is 0 Å². The lowest BCUT2D eigenvalue weighted by molar-refractivity contribution is -0.137. The lowest BCUT2D eigenvalue weighted by atomic mass is 10.0. The standard InChI is InChI=1S/C15H17NO4/c1-9-6-7-10(2)13-12(9)14(19)15(20)16(13)8-4-3-5-11(17)18/h6-7H,3-5,8H2,1-2H3,(H,17,18). The molecule has 0 bridgehead atoms. The number of hydrogen-bond acceptors (Lipinski definition) is 3. The summed E-state index contributed by atoms with van der Waals surface area (Å²) in [5.41, 5.74) is 2.88. The summed E-state index contributed by atoms with van der Waals surface area (Å²) in [5, 5.41) is 8.60. The van der Waals surface area contributed by atoms with Crippen LogP contribution in [-0.2, 0) is 9.59 Å². The van der Waals surface area contributed by atoms with Crippen LogP contribution in [0.1, 0.15) is 40.7 Å². The second-order valence-electron chi connectivity index (χ2n) is 5.06. The number of anilines is 1. The minimum Gasteiger partial charge on any atom is -0.481 e. The minimum atomic E-state index is -0.846. The van der Waals surface area contributed by atoms with E-state index >= 15 is 0 Å². The average Bonchev–Trinajstić information content (AvgIpc) is 2.64. The van der Waals surface area contributed by atoms with Crippen LogP contribution in [0.15, 0.2) is 12.1 Å². The number of ketones is 1. The molecule has 1 aliphatic rings. The van der Waals surface area contributed by atoms with Crippen LogP contribution in [0.3, 0.4) is 0 Å². The summed E-state index contributed by atoms with van der Waals surface area (Å²) in [4.78, 5) is 36.1. The van der Waals surface area contributed by atoms with E-state index in [1.807, 2.05) is 26.0 Å². The van der Waals surface area contributed by atoms with Gasteiger partial charge >= 0.3 is 5.97 Å². The van der Waals surface area contributed by atoms with Crippen LogP contribution in [0.4, 0.5) is 5.69 Å². The average molecular weight is 275 g/mol. The molecule has 1 aliphatic heterocycles. The van der Waals surface area contributed by atoms with Crippen molar-refractivity contribution in [1.29, 1.82) is 0 Å². The number of nitrogens with zero attached hydrogens (tertiary/aromatic N) is 1. The van der Waals surface area contributed by atoms with Gasteiger partial charge in [0.25, 0.3) is 11.7 Å². The van der Waals surface area contributed by atoms with Gasteiger partial charge in [-0.15, -0.1) is 0 Å². The number of Topliss-reactive ketones (excluding diaryl/α,β-unsaturated/α-hetero) is 1. The van der Waals surface area contributed by atoms with Gasteiger partial charge in [0, 0.05) is 13.0 Å². The zero-order valence-corrected chi connectivity index (χ0v) is 11.6. The van der Waals surface area contributed by atoms with Crippen molar-refractivity contribution in [2.45, 2.75) is 33.1 Å². The lowest BCUT2D eigenvalue weighted by Gasteiger charge is -2.18. The fraction of sp³-hybridized carbons (Fsp3) is 0.400. The van der Waals surface area contributed by atoms with E-state index in [2.05, 4.69) is 0 Å². The maximum absolute atomic E-state index is 12.1. The molecule has 5 heteroatoms. The molecular weight excluding hydrogens is 258 g/mol. The smallest absolute Gasteiger partial charge is 0.303 e. The number of hydrogen-bond donors (Lipinski definition) is 1. The Hall–Kier alpha value is -2.17. The minimum absolute atomic E-state index is 0.0790. The summed E-state index contributed by atoms with van der Waals surface area (Å²) in [6.45, 7) is 4.07. The van der Waals surface area contributed by atoms with Crippen molar-refractivity contribution in [1.82, 2.24) is 0 Å². The van der Waals surface area contributed by atoms with Gasteiger partial charge in [-0.25, -0.2) is 0 Å². The Balaban J connectivity index is 2.20.